The van der Waals surface area contributed by atoms with Gasteiger partial charge in [-0.2, -0.15) is 15.1 Å². The molecule has 0 aliphatic carbocycles. The lowest BCUT2D eigenvalue weighted by molar-refractivity contribution is -0.114. The van der Waals surface area contributed by atoms with E-state index in [0.717, 1.165) is 46.7 Å². The van der Waals surface area contributed by atoms with Crippen LogP contribution >= 0.6 is 11.8 Å². The molecule has 10 heteroatoms. The lowest BCUT2D eigenvalue weighted by Gasteiger charge is -2.20. The van der Waals surface area contributed by atoms with Gasteiger partial charge in [0.15, 0.2) is 5.84 Å². The summed E-state index contributed by atoms with van der Waals surface area (Å²) in [4.78, 5) is 17.3. The third kappa shape index (κ3) is 7.29. The number of hydrogen-bond donors (Lipinski definition) is 1. The van der Waals surface area contributed by atoms with Crippen LogP contribution in [0.2, 0.25) is 0 Å². The number of thioether (sulfide) groups is 1. The van der Waals surface area contributed by atoms with Crippen LogP contribution in [0.25, 0.3) is 17.0 Å². The predicted molar refractivity (Wildman–Crippen MR) is 180 cm³/mol. The highest BCUT2D eigenvalue weighted by Crippen LogP contribution is 2.30. The van der Waals surface area contributed by atoms with E-state index in [-0.39, 0.29) is 18.0 Å². The lowest BCUT2D eigenvalue weighted by atomic mass is 10.1. The molecule has 2 aliphatic heterocycles. The summed E-state index contributed by atoms with van der Waals surface area (Å²) < 4.78 is 19.8. The number of aliphatic imine (C=N–C) groups is 1. The summed E-state index contributed by atoms with van der Waals surface area (Å²) in [5.74, 6) is 1.87. The summed E-state index contributed by atoms with van der Waals surface area (Å²) in [6.45, 7) is 4.21. The first-order valence-electron chi connectivity index (χ1n) is 15.2. The largest absolute Gasteiger partial charge is 0.494 e. The second-order valence-electron chi connectivity index (χ2n) is 10.6. The Kier molecular flexibility index (Phi) is 9.60. The zero-order chi connectivity index (χ0) is 31.0. The van der Waals surface area contributed by atoms with Crippen molar-refractivity contribution in [1.29, 1.82) is 5.41 Å². The predicted octanol–water partition coefficient (Wildman–Crippen LogP) is 7.38. The number of carbonyl (C=O) groups excluding carboxylic acids is 1. The van der Waals surface area contributed by atoms with Crippen molar-refractivity contribution in [1.82, 2.24) is 9.58 Å². The maximum absolute atomic E-state index is 13.1. The van der Waals surface area contributed by atoms with E-state index in [0.29, 0.717) is 23.4 Å². The molecule has 1 amide bonds. The zero-order valence-corrected chi connectivity index (χ0v) is 26.0. The zero-order valence-electron chi connectivity index (χ0n) is 25.1. The van der Waals surface area contributed by atoms with E-state index in [2.05, 4.69) is 21.6 Å². The molecule has 0 fully saturated rings. The van der Waals surface area contributed by atoms with E-state index in [9.17, 15) is 4.79 Å². The van der Waals surface area contributed by atoms with Crippen LogP contribution in [-0.2, 0) is 11.3 Å². The Morgan fingerprint density at radius 1 is 0.844 bits per heavy atom. The number of amidine groups is 2. The molecule has 4 aromatic rings. The van der Waals surface area contributed by atoms with Gasteiger partial charge in [-0.1, -0.05) is 62.6 Å². The van der Waals surface area contributed by atoms with Crippen molar-refractivity contribution in [2.75, 3.05) is 19.8 Å². The molecular formula is C35H35N5O4S. The maximum atomic E-state index is 13.1. The normalized spacial score (nSPS) is 15.3. The first-order chi connectivity index (χ1) is 22.1. The van der Waals surface area contributed by atoms with Gasteiger partial charge in [0.2, 0.25) is 5.17 Å². The number of nitrogens with zero attached hydrogens (tertiary/aromatic N) is 4. The molecule has 6 rings (SSSR count). The number of rotatable bonds is 14. The van der Waals surface area contributed by atoms with Crippen LogP contribution in [0.3, 0.4) is 0 Å². The summed E-state index contributed by atoms with van der Waals surface area (Å²) in [5.41, 5.74) is 2.01. The number of unbranched alkanes of at least 4 members (excludes halogenated alkanes) is 3. The number of hydrazone groups is 1. The van der Waals surface area contributed by atoms with Crippen LogP contribution < -0.4 is 14.2 Å². The Morgan fingerprint density at radius 3 is 2.33 bits per heavy atom. The number of amides is 1. The lowest BCUT2D eigenvalue weighted by Crippen LogP contribution is -2.35. The minimum Gasteiger partial charge on any atom is -0.494 e. The Hall–Kier alpha value is -4.83. The van der Waals surface area contributed by atoms with Crippen molar-refractivity contribution >= 4 is 50.7 Å². The molecule has 1 aromatic heterocycles. The number of fused-ring (bicyclic) bond motifs is 2. The Balaban J connectivity index is 1.11. The number of hydrogen-bond acceptors (Lipinski definition) is 7. The Morgan fingerprint density at radius 2 is 1.56 bits per heavy atom. The van der Waals surface area contributed by atoms with Crippen molar-refractivity contribution in [2.45, 2.75) is 39.2 Å². The molecule has 1 N–H and O–H groups in total. The van der Waals surface area contributed by atoms with Gasteiger partial charge in [0.1, 0.15) is 35.5 Å². The van der Waals surface area contributed by atoms with Crippen LogP contribution in [0, 0.1) is 5.41 Å². The molecule has 0 atom stereocenters. The Bertz CT molecular complexity index is 1760. The summed E-state index contributed by atoms with van der Waals surface area (Å²) in [7, 11) is 0. The summed E-state index contributed by atoms with van der Waals surface area (Å²) in [6, 6.07) is 25.2. The van der Waals surface area contributed by atoms with Crippen LogP contribution in [0.15, 0.2) is 101 Å². The number of nitrogens with one attached hydrogen (secondary N) is 1. The fourth-order valence-corrected chi connectivity index (χ4v) is 5.89. The molecule has 3 aromatic carbocycles. The van der Waals surface area contributed by atoms with E-state index in [1.165, 1.54) is 36.0 Å². The highest BCUT2D eigenvalue weighted by Gasteiger charge is 2.36. The molecule has 45 heavy (non-hydrogen) atoms. The number of aromatic nitrogens is 1. The van der Waals surface area contributed by atoms with Crippen molar-refractivity contribution in [3.05, 3.63) is 96.2 Å². The number of ether oxygens (including phenoxy) is 3. The van der Waals surface area contributed by atoms with E-state index in [1.54, 1.807) is 6.08 Å². The number of para-hydroxylation sites is 2. The second kappa shape index (κ2) is 14.3. The summed E-state index contributed by atoms with van der Waals surface area (Å²) in [6.07, 6.45) is 8.42. The van der Waals surface area contributed by atoms with Crippen LogP contribution in [0.4, 0.5) is 0 Å². The molecular weight excluding hydrogens is 586 g/mol. The maximum Gasteiger partial charge on any atom is 0.283 e. The number of carbonyl (C=O) groups is 1. The minimum atomic E-state index is -0.465. The van der Waals surface area contributed by atoms with Crippen LogP contribution in [0.5, 0.6) is 17.2 Å². The SMILES string of the molecule is CCCCCCOc1ccc(OCCn2cc(/C=C3/C(=N)N4N=C(COc5ccccc5)SC4=NC3=O)c3ccccc32)cc1. The first kappa shape index (κ1) is 30.2. The number of benzene rings is 3. The van der Waals surface area contributed by atoms with Crippen LogP contribution in [-0.4, -0.2) is 51.4 Å². The van der Waals surface area contributed by atoms with Gasteiger partial charge in [0.25, 0.3) is 5.91 Å². The molecule has 3 heterocycles. The van der Waals surface area contributed by atoms with Crippen molar-refractivity contribution in [3.8, 4) is 17.2 Å². The third-order valence-corrected chi connectivity index (χ3v) is 8.29. The van der Waals surface area contributed by atoms with E-state index >= 15 is 0 Å². The van der Waals surface area contributed by atoms with Crippen LogP contribution in [0.1, 0.15) is 38.2 Å². The van der Waals surface area contributed by atoms with E-state index in [4.69, 9.17) is 19.6 Å². The highest BCUT2D eigenvalue weighted by molar-refractivity contribution is 8.27. The fraction of sp³-hybridized carbons (Fsp3) is 0.257. The highest BCUT2D eigenvalue weighted by atomic mass is 32.2. The van der Waals surface area contributed by atoms with Gasteiger partial charge >= 0.3 is 0 Å². The smallest absolute Gasteiger partial charge is 0.283 e. The standard InChI is InChI=1S/C35H35N5O4S/c1-2-3-4-10-20-42-27-15-17-28(18-16-27)43-21-19-39-23-25(29-13-8-9-14-31(29)39)22-30-33(36)40-35(37-34(30)41)45-32(38-40)24-44-26-11-6-5-7-12-26/h5-9,11-18,22-23,36H,2-4,10,19-21,24H2,1H3/b30-22-,36-33?. The first-order valence-corrected chi connectivity index (χ1v) is 16.0. The Labute approximate surface area is 266 Å². The minimum absolute atomic E-state index is 0.0132. The molecule has 0 saturated heterocycles. The summed E-state index contributed by atoms with van der Waals surface area (Å²) >= 11 is 1.24. The molecule has 9 nitrogen and oxygen atoms in total. The van der Waals surface area contributed by atoms with Gasteiger partial charge in [0, 0.05) is 22.7 Å². The van der Waals surface area contributed by atoms with Crippen molar-refractivity contribution in [3.63, 3.8) is 0 Å². The van der Waals surface area contributed by atoms with Gasteiger partial charge in [-0.25, -0.2) is 0 Å². The average molecular weight is 622 g/mol. The molecule has 2 aliphatic rings. The van der Waals surface area contributed by atoms with Gasteiger partial charge in [-0.15, -0.1) is 0 Å². The molecule has 0 bridgehead atoms. The second-order valence-corrected chi connectivity index (χ2v) is 11.7. The molecule has 0 saturated carbocycles. The van der Waals surface area contributed by atoms with E-state index in [1.807, 2.05) is 85.1 Å². The van der Waals surface area contributed by atoms with Gasteiger partial charge in [-0.3, -0.25) is 10.2 Å². The third-order valence-electron chi connectivity index (χ3n) is 7.41. The average Bonchev–Trinajstić information content (AvgIpc) is 3.64. The van der Waals surface area contributed by atoms with Gasteiger partial charge in [0.05, 0.1) is 18.7 Å². The van der Waals surface area contributed by atoms with Gasteiger partial charge in [-0.05, 0) is 66.7 Å². The van der Waals surface area contributed by atoms with Gasteiger partial charge < -0.3 is 18.8 Å². The molecule has 0 unspecified atom stereocenters. The topological polar surface area (TPSA) is 102 Å². The van der Waals surface area contributed by atoms with E-state index < -0.39 is 5.91 Å². The molecule has 0 spiro atoms. The molecule has 0 radical (unpaired) electrons. The quantitative estimate of drug-likeness (QED) is 0.116. The van der Waals surface area contributed by atoms with Crippen molar-refractivity contribution in [2.24, 2.45) is 10.1 Å². The summed E-state index contributed by atoms with van der Waals surface area (Å²) in [5, 5.41) is 16.7. The molecule has 230 valence electrons. The fourth-order valence-electron chi connectivity index (χ4n) is 5.10. The monoisotopic (exact) mass is 621 g/mol. The van der Waals surface area contributed by atoms with Crippen molar-refractivity contribution < 1.29 is 19.0 Å².